The van der Waals surface area contributed by atoms with E-state index in [-0.39, 0.29) is 11.2 Å². The van der Waals surface area contributed by atoms with Gasteiger partial charge in [-0.2, -0.15) is 0 Å². The summed E-state index contributed by atoms with van der Waals surface area (Å²) >= 11 is 3.49. The van der Waals surface area contributed by atoms with Gasteiger partial charge in [-0.3, -0.25) is 4.79 Å². The van der Waals surface area contributed by atoms with Gasteiger partial charge in [0.2, 0.25) is 0 Å². The first-order valence-corrected chi connectivity index (χ1v) is 6.40. The molecule has 0 aromatic heterocycles. The normalized spacial score (nSPS) is 11.6. The molecule has 0 saturated carbocycles. The van der Waals surface area contributed by atoms with Gasteiger partial charge in [0, 0.05) is 15.5 Å². The standard InChI is InChI=1S/C14H19BrO/c1-6-14(4,5)13(16)11-7-10(3)12(15)8-9(11)2/h7-8H,6H2,1-5H3. The van der Waals surface area contributed by atoms with E-state index in [4.69, 9.17) is 0 Å². The lowest BCUT2D eigenvalue weighted by Crippen LogP contribution is -2.24. The summed E-state index contributed by atoms with van der Waals surface area (Å²) in [5, 5.41) is 0. The predicted octanol–water partition coefficient (Wildman–Crippen LogP) is 4.68. The molecule has 1 rings (SSSR count). The highest BCUT2D eigenvalue weighted by atomic mass is 79.9. The second-order valence-corrected chi connectivity index (χ2v) is 5.84. The number of halogens is 1. The van der Waals surface area contributed by atoms with Crippen molar-refractivity contribution in [3.05, 3.63) is 33.3 Å². The van der Waals surface area contributed by atoms with Gasteiger partial charge in [0.1, 0.15) is 0 Å². The average molecular weight is 283 g/mol. The Kier molecular flexibility index (Phi) is 3.95. The van der Waals surface area contributed by atoms with Gasteiger partial charge in [0.15, 0.2) is 5.78 Å². The molecule has 16 heavy (non-hydrogen) atoms. The maximum atomic E-state index is 12.4. The smallest absolute Gasteiger partial charge is 0.168 e. The molecule has 0 aliphatic heterocycles. The molecule has 0 N–H and O–H groups in total. The summed E-state index contributed by atoms with van der Waals surface area (Å²) < 4.78 is 1.07. The fourth-order valence-corrected chi connectivity index (χ4v) is 2.01. The van der Waals surface area contributed by atoms with E-state index in [1.54, 1.807) is 0 Å². The van der Waals surface area contributed by atoms with Crippen LogP contribution in [0.1, 0.15) is 48.7 Å². The highest BCUT2D eigenvalue weighted by Gasteiger charge is 2.27. The van der Waals surface area contributed by atoms with E-state index in [1.807, 2.05) is 39.8 Å². The third-order valence-corrected chi connectivity index (χ3v) is 4.10. The summed E-state index contributed by atoms with van der Waals surface area (Å²) in [4.78, 5) is 12.4. The summed E-state index contributed by atoms with van der Waals surface area (Å²) in [6.07, 6.45) is 0.861. The SMILES string of the molecule is CCC(C)(C)C(=O)c1cc(C)c(Br)cc1C. The molecule has 0 amide bonds. The average Bonchev–Trinajstić information content (AvgIpc) is 2.22. The van der Waals surface area contributed by atoms with E-state index >= 15 is 0 Å². The number of rotatable bonds is 3. The number of aryl methyl sites for hydroxylation is 2. The first-order chi connectivity index (χ1) is 7.29. The molecule has 2 heteroatoms. The molecule has 0 bridgehead atoms. The monoisotopic (exact) mass is 282 g/mol. The molecular formula is C14H19BrO. The number of Topliss-reactive ketones (excluding diaryl/α,β-unsaturated/α-hetero) is 1. The van der Waals surface area contributed by atoms with E-state index < -0.39 is 0 Å². The molecular weight excluding hydrogens is 264 g/mol. The Morgan fingerprint density at radius 2 is 1.81 bits per heavy atom. The maximum Gasteiger partial charge on any atom is 0.168 e. The largest absolute Gasteiger partial charge is 0.294 e. The van der Waals surface area contributed by atoms with Crippen molar-refractivity contribution >= 4 is 21.7 Å². The van der Waals surface area contributed by atoms with Crippen molar-refractivity contribution < 1.29 is 4.79 Å². The summed E-state index contributed by atoms with van der Waals surface area (Å²) in [6.45, 7) is 10.1. The summed E-state index contributed by atoms with van der Waals surface area (Å²) in [5.41, 5.74) is 2.74. The van der Waals surface area contributed by atoms with Crippen LogP contribution >= 0.6 is 15.9 Å². The highest BCUT2D eigenvalue weighted by molar-refractivity contribution is 9.10. The van der Waals surface area contributed by atoms with Crippen LogP contribution in [0.2, 0.25) is 0 Å². The van der Waals surface area contributed by atoms with Gasteiger partial charge < -0.3 is 0 Å². The Bertz CT molecular complexity index is 419. The first kappa shape index (κ1) is 13.4. The van der Waals surface area contributed by atoms with E-state index in [2.05, 4.69) is 22.9 Å². The molecule has 0 aliphatic carbocycles. The van der Waals surface area contributed by atoms with Gasteiger partial charge in [0.05, 0.1) is 0 Å². The van der Waals surface area contributed by atoms with Crippen molar-refractivity contribution in [3.8, 4) is 0 Å². The molecule has 1 aromatic carbocycles. The van der Waals surface area contributed by atoms with Crippen LogP contribution in [0.4, 0.5) is 0 Å². The van der Waals surface area contributed by atoms with E-state index in [9.17, 15) is 4.79 Å². The Morgan fingerprint density at radius 1 is 1.25 bits per heavy atom. The minimum absolute atomic E-state index is 0.239. The van der Waals surface area contributed by atoms with Crippen LogP contribution in [0, 0.1) is 19.3 Å². The summed E-state index contributed by atoms with van der Waals surface area (Å²) in [5.74, 6) is 0.239. The zero-order valence-electron chi connectivity index (χ0n) is 10.6. The zero-order chi connectivity index (χ0) is 12.5. The van der Waals surface area contributed by atoms with Crippen molar-refractivity contribution in [2.45, 2.75) is 41.0 Å². The number of hydrogen-bond donors (Lipinski definition) is 0. The lowest BCUT2D eigenvalue weighted by Gasteiger charge is -2.22. The van der Waals surface area contributed by atoms with E-state index in [0.717, 1.165) is 27.6 Å². The summed E-state index contributed by atoms with van der Waals surface area (Å²) in [6, 6.07) is 4.01. The van der Waals surface area contributed by atoms with Crippen LogP contribution in [-0.4, -0.2) is 5.78 Å². The highest BCUT2D eigenvalue weighted by Crippen LogP contribution is 2.29. The van der Waals surface area contributed by atoms with Crippen LogP contribution < -0.4 is 0 Å². The van der Waals surface area contributed by atoms with Crippen molar-refractivity contribution in [1.82, 2.24) is 0 Å². The Morgan fingerprint density at radius 3 is 2.31 bits per heavy atom. The van der Waals surface area contributed by atoms with Crippen molar-refractivity contribution in [2.75, 3.05) is 0 Å². The fraction of sp³-hybridized carbons (Fsp3) is 0.500. The molecule has 1 aromatic rings. The molecule has 0 radical (unpaired) electrons. The van der Waals surface area contributed by atoms with Gasteiger partial charge in [-0.25, -0.2) is 0 Å². The lowest BCUT2D eigenvalue weighted by atomic mass is 9.80. The Hall–Kier alpha value is -0.630. The fourth-order valence-electron chi connectivity index (χ4n) is 1.55. The van der Waals surface area contributed by atoms with Gasteiger partial charge in [-0.05, 0) is 43.5 Å². The number of carbonyl (C=O) groups is 1. The topological polar surface area (TPSA) is 17.1 Å². The maximum absolute atomic E-state index is 12.4. The third kappa shape index (κ3) is 2.54. The van der Waals surface area contributed by atoms with E-state index in [1.165, 1.54) is 0 Å². The quantitative estimate of drug-likeness (QED) is 0.736. The van der Waals surface area contributed by atoms with Gasteiger partial charge in [-0.1, -0.05) is 36.7 Å². The van der Waals surface area contributed by atoms with Crippen LogP contribution in [0.3, 0.4) is 0 Å². The minimum atomic E-state index is -0.273. The molecule has 0 heterocycles. The lowest BCUT2D eigenvalue weighted by molar-refractivity contribution is 0.0832. The summed E-state index contributed by atoms with van der Waals surface area (Å²) in [7, 11) is 0. The van der Waals surface area contributed by atoms with Crippen molar-refractivity contribution in [1.29, 1.82) is 0 Å². The number of hydrogen-bond acceptors (Lipinski definition) is 1. The van der Waals surface area contributed by atoms with Gasteiger partial charge in [-0.15, -0.1) is 0 Å². The number of carbonyl (C=O) groups excluding carboxylic acids is 1. The van der Waals surface area contributed by atoms with Crippen molar-refractivity contribution in [2.24, 2.45) is 5.41 Å². The third-order valence-electron chi connectivity index (χ3n) is 3.25. The van der Waals surface area contributed by atoms with Crippen LogP contribution in [-0.2, 0) is 0 Å². The molecule has 0 aliphatic rings. The van der Waals surface area contributed by atoms with Crippen LogP contribution in [0.15, 0.2) is 16.6 Å². The second kappa shape index (κ2) is 4.70. The van der Waals surface area contributed by atoms with Gasteiger partial charge >= 0.3 is 0 Å². The zero-order valence-corrected chi connectivity index (χ0v) is 12.2. The number of ketones is 1. The first-order valence-electron chi connectivity index (χ1n) is 5.61. The van der Waals surface area contributed by atoms with Crippen LogP contribution in [0.25, 0.3) is 0 Å². The Balaban J connectivity index is 3.25. The molecule has 0 saturated heterocycles. The molecule has 88 valence electrons. The molecule has 0 atom stereocenters. The minimum Gasteiger partial charge on any atom is -0.294 e. The number of benzene rings is 1. The molecule has 0 fully saturated rings. The molecule has 0 spiro atoms. The van der Waals surface area contributed by atoms with Crippen LogP contribution in [0.5, 0.6) is 0 Å². The Labute approximate surface area is 106 Å². The second-order valence-electron chi connectivity index (χ2n) is 4.98. The van der Waals surface area contributed by atoms with Crippen molar-refractivity contribution in [3.63, 3.8) is 0 Å². The predicted molar refractivity (Wildman–Crippen MR) is 72.0 cm³/mol. The molecule has 1 nitrogen and oxygen atoms in total. The molecule has 0 unspecified atom stereocenters. The van der Waals surface area contributed by atoms with E-state index in [0.29, 0.717) is 0 Å². The van der Waals surface area contributed by atoms with Gasteiger partial charge in [0.25, 0.3) is 0 Å².